The number of nitrogens with zero attached hydrogens (tertiary/aromatic N) is 2. The summed E-state index contributed by atoms with van der Waals surface area (Å²) in [6.45, 7) is 4.43. The van der Waals surface area contributed by atoms with Crippen molar-refractivity contribution in [1.29, 1.82) is 0 Å². The van der Waals surface area contributed by atoms with Crippen molar-refractivity contribution in [3.8, 4) is 11.5 Å². The number of ketones is 1. The molecule has 0 bridgehead atoms. The van der Waals surface area contributed by atoms with Gasteiger partial charge in [0.1, 0.15) is 11.5 Å². The fourth-order valence-corrected chi connectivity index (χ4v) is 3.79. The minimum atomic E-state index is -0.242. The van der Waals surface area contributed by atoms with Crippen LogP contribution >= 0.6 is 0 Å². The van der Waals surface area contributed by atoms with Gasteiger partial charge in [-0.3, -0.25) is 14.4 Å². The Morgan fingerprint density at radius 2 is 1.55 bits per heavy atom. The summed E-state index contributed by atoms with van der Waals surface area (Å²) < 4.78 is 5.67. The number of hydrogen-bond acceptors (Lipinski definition) is 5. The summed E-state index contributed by atoms with van der Waals surface area (Å²) >= 11 is 0. The van der Waals surface area contributed by atoms with E-state index in [1.54, 1.807) is 52.3 Å². The van der Waals surface area contributed by atoms with Gasteiger partial charge in [-0.15, -0.1) is 0 Å². The molecule has 7 heteroatoms. The largest absolute Gasteiger partial charge is 0.507 e. The molecular weight excluding hydrogens is 420 g/mol. The van der Waals surface area contributed by atoms with E-state index in [2.05, 4.69) is 6.92 Å². The molecule has 7 nitrogen and oxygen atoms in total. The Morgan fingerprint density at radius 3 is 2.21 bits per heavy atom. The van der Waals surface area contributed by atoms with Crippen LogP contribution in [0.2, 0.25) is 0 Å². The number of phenolic OH excluding ortho intramolecular Hbond substituents is 1. The van der Waals surface area contributed by atoms with E-state index in [4.69, 9.17) is 4.74 Å². The highest BCUT2D eigenvalue weighted by Gasteiger charge is 2.26. The van der Waals surface area contributed by atoms with Crippen LogP contribution < -0.4 is 4.74 Å². The quantitative estimate of drug-likeness (QED) is 0.436. The number of aromatic hydroxyl groups is 1. The van der Waals surface area contributed by atoms with Gasteiger partial charge in [0, 0.05) is 44.6 Å². The molecule has 1 saturated heterocycles. The van der Waals surface area contributed by atoms with Crippen LogP contribution in [-0.2, 0) is 4.79 Å². The van der Waals surface area contributed by atoms with Gasteiger partial charge in [-0.05, 0) is 42.8 Å². The van der Waals surface area contributed by atoms with Crippen LogP contribution in [0.3, 0.4) is 0 Å². The molecule has 0 unspecified atom stereocenters. The van der Waals surface area contributed by atoms with Crippen LogP contribution in [0.4, 0.5) is 0 Å². The molecule has 33 heavy (non-hydrogen) atoms. The number of hydrogen-bond donors (Lipinski definition) is 1. The van der Waals surface area contributed by atoms with Crippen molar-refractivity contribution < 1.29 is 24.2 Å². The summed E-state index contributed by atoms with van der Waals surface area (Å²) in [6.07, 6.45) is 3.57. The van der Waals surface area contributed by atoms with Gasteiger partial charge in [0.05, 0.1) is 12.2 Å². The maximum atomic E-state index is 12.6. The number of piperazine rings is 1. The van der Waals surface area contributed by atoms with E-state index in [1.807, 2.05) is 0 Å². The molecule has 2 aromatic carbocycles. The number of amides is 2. The molecule has 1 N–H and O–H groups in total. The maximum Gasteiger partial charge on any atom is 0.257 e. The van der Waals surface area contributed by atoms with E-state index >= 15 is 0 Å². The average Bonchev–Trinajstić information content (AvgIpc) is 2.85. The summed E-state index contributed by atoms with van der Waals surface area (Å²) in [5.74, 6) is 0.293. The van der Waals surface area contributed by atoms with Crippen LogP contribution in [0.1, 0.15) is 59.7 Å². The third-order valence-corrected chi connectivity index (χ3v) is 5.81. The number of carbonyl (C=O) groups is 3. The van der Waals surface area contributed by atoms with E-state index < -0.39 is 0 Å². The number of benzene rings is 2. The molecule has 176 valence electrons. The fraction of sp³-hybridized carbons (Fsp3) is 0.423. The Hall–Kier alpha value is -3.35. The second-order valence-corrected chi connectivity index (χ2v) is 8.19. The number of carbonyl (C=O) groups excluding carboxylic acids is 3. The van der Waals surface area contributed by atoms with E-state index in [-0.39, 0.29) is 41.8 Å². The van der Waals surface area contributed by atoms with E-state index in [0.29, 0.717) is 38.3 Å². The number of unbranched alkanes of at least 4 members (excludes halogenated alkanes) is 2. The lowest BCUT2D eigenvalue weighted by Crippen LogP contribution is -2.50. The van der Waals surface area contributed by atoms with E-state index in [1.165, 1.54) is 6.07 Å². The normalized spacial score (nSPS) is 13.6. The van der Waals surface area contributed by atoms with Crippen LogP contribution in [0, 0.1) is 0 Å². The number of para-hydroxylation sites is 1. The van der Waals surface area contributed by atoms with Crippen molar-refractivity contribution in [1.82, 2.24) is 9.80 Å². The van der Waals surface area contributed by atoms with Crippen molar-refractivity contribution in [2.24, 2.45) is 0 Å². The Labute approximate surface area is 195 Å². The molecule has 0 radical (unpaired) electrons. The van der Waals surface area contributed by atoms with Gasteiger partial charge >= 0.3 is 0 Å². The smallest absolute Gasteiger partial charge is 0.257 e. The molecule has 0 aliphatic carbocycles. The third kappa shape index (κ3) is 6.81. The summed E-state index contributed by atoms with van der Waals surface area (Å²) in [5.41, 5.74) is 0.835. The summed E-state index contributed by atoms with van der Waals surface area (Å²) in [4.78, 5) is 41.0. The number of Topliss-reactive ketones (excluding diaryl/α,β-unsaturated/α-hetero) is 1. The average molecular weight is 453 g/mol. The first-order valence-corrected chi connectivity index (χ1v) is 11.6. The van der Waals surface area contributed by atoms with Gasteiger partial charge in [-0.2, -0.15) is 0 Å². The molecule has 1 aliphatic rings. The number of rotatable bonds is 10. The molecule has 3 rings (SSSR count). The lowest BCUT2D eigenvalue weighted by atomic mass is 10.1. The zero-order valence-corrected chi connectivity index (χ0v) is 19.2. The Bertz CT molecular complexity index is 949. The fourth-order valence-electron chi connectivity index (χ4n) is 3.79. The molecule has 0 atom stereocenters. The van der Waals surface area contributed by atoms with Gasteiger partial charge in [-0.1, -0.05) is 31.9 Å². The molecule has 1 heterocycles. The van der Waals surface area contributed by atoms with Crippen LogP contribution in [0.5, 0.6) is 11.5 Å². The zero-order valence-electron chi connectivity index (χ0n) is 19.2. The van der Waals surface area contributed by atoms with Gasteiger partial charge in [0.2, 0.25) is 5.91 Å². The maximum absolute atomic E-state index is 12.6. The predicted octanol–water partition coefficient (Wildman–Crippen LogP) is 3.91. The lowest BCUT2D eigenvalue weighted by Gasteiger charge is -2.35. The van der Waals surface area contributed by atoms with Gasteiger partial charge < -0.3 is 19.6 Å². The minimum Gasteiger partial charge on any atom is -0.507 e. The van der Waals surface area contributed by atoms with Gasteiger partial charge in [0.25, 0.3) is 5.91 Å². The Morgan fingerprint density at radius 1 is 0.879 bits per heavy atom. The van der Waals surface area contributed by atoms with Crippen LogP contribution in [0.25, 0.3) is 0 Å². The molecule has 0 spiro atoms. The molecule has 2 aromatic rings. The zero-order chi connectivity index (χ0) is 23.6. The lowest BCUT2D eigenvalue weighted by molar-refractivity contribution is -0.132. The predicted molar refractivity (Wildman–Crippen MR) is 126 cm³/mol. The molecule has 1 aliphatic heterocycles. The topological polar surface area (TPSA) is 87.2 Å². The number of phenols is 1. The number of ether oxygens (including phenoxy) is 1. The summed E-state index contributed by atoms with van der Waals surface area (Å²) in [5, 5.41) is 9.89. The molecule has 2 amide bonds. The molecule has 0 saturated carbocycles. The molecule has 0 aromatic heterocycles. The molecular formula is C26H32N2O5. The van der Waals surface area contributed by atoms with Crippen molar-refractivity contribution in [2.45, 2.75) is 39.0 Å². The van der Waals surface area contributed by atoms with Gasteiger partial charge in [0.15, 0.2) is 5.78 Å². The minimum absolute atomic E-state index is 0.0457. The molecule has 1 fully saturated rings. The monoisotopic (exact) mass is 452 g/mol. The summed E-state index contributed by atoms with van der Waals surface area (Å²) in [7, 11) is 0. The highest BCUT2D eigenvalue weighted by atomic mass is 16.5. The van der Waals surface area contributed by atoms with E-state index in [9.17, 15) is 19.5 Å². The SMILES string of the molecule is CCCCCOc1ccc(C(=O)CCC(=O)N2CCN(C(=O)c3ccccc3O)CC2)cc1. The first kappa shape index (κ1) is 24.3. The summed E-state index contributed by atoms with van der Waals surface area (Å²) in [6, 6.07) is 13.5. The standard InChI is InChI=1S/C26H32N2O5/c1-2-3-6-19-33-21-11-9-20(10-12-21)23(29)13-14-25(31)27-15-17-28(18-16-27)26(32)22-7-4-5-8-24(22)30/h4-5,7-12,30H,2-3,6,13-19H2,1H3. The van der Waals surface area contributed by atoms with Crippen LogP contribution in [0.15, 0.2) is 48.5 Å². The van der Waals surface area contributed by atoms with Crippen molar-refractivity contribution >= 4 is 17.6 Å². The third-order valence-electron chi connectivity index (χ3n) is 5.81. The first-order chi connectivity index (χ1) is 16.0. The van der Waals surface area contributed by atoms with Crippen molar-refractivity contribution in [2.75, 3.05) is 32.8 Å². The highest BCUT2D eigenvalue weighted by molar-refractivity contribution is 5.98. The highest BCUT2D eigenvalue weighted by Crippen LogP contribution is 2.19. The first-order valence-electron chi connectivity index (χ1n) is 11.6. The van der Waals surface area contributed by atoms with Crippen molar-refractivity contribution in [3.63, 3.8) is 0 Å². The van der Waals surface area contributed by atoms with E-state index in [0.717, 1.165) is 25.0 Å². The Kier molecular flexibility index (Phi) is 8.87. The second kappa shape index (κ2) is 12.0. The van der Waals surface area contributed by atoms with Crippen LogP contribution in [-0.4, -0.2) is 65.3 Å². The Balaban J connectivity index is 1.41. The van der Waals surface area contributed by atoms with Gasteiger partial charge in [-0.25, -0.2) is 0 Å². The van der Waals surface area contributed by atoms with Crippen molar-refractivity contribution in [3.05, 3.63) is 59.7 Å². The second-order valence-electron chi connectivity index (χ2n) is 8.19.